The molecule has 3 N–H and O–H groups in total. The number of thioether (sulfide) groups is 1. The molecule has 0 aromatic heterocycles. The maximum absolute atomic E-state index is 14.0. The zero-order valence-electron chi connectivity index (χ0n) is 10.4. The van der Waals surface area contributed by atoms with Gasteiger partial charge in [-0.1, -0.05) is 12.1 Å². The second-order valence-corrected chi connectivity index (χ2v) is 6.07. The van der Waals surface area contributed by atoms with Gasteiger partial charge < -0.3 is 0 Å². The highest BCUT2D eigenvalue weighted by atomic mass is 79.9. The SMILES string of the molecule is NNC(CSc1ccc(F)cc1)c1cccc(Br)c1F. The lowest BCUT2D eigenvalue weighted by molar-refractivity contribution is 0.543. The van der Waals surface area contributed by atoms with Crippen LogP contribution in [0.2, 0.25) is 0 Å². The van der Waals surface area contributed by atoms with Crippen LogP contribution in [0.3, 0.4) is 0 Å². The summed E-state index contributed by atoms with van der Waals surface area (Å²) < 4.78 is 27.2. The third-order valence-electron chi connectivity index (χ3n) is 2.79. The molecule has 0 aliphatic carbocycles. The zero-order chi connectivity index (χ0) is 14.5. The molecule has 2 rings (SSSR count). The smallest absolute Gasteiger partial charge is 0.142 e. The Labute approximate surface area is 128 Å². The van der Waals surface area contributed by atoms with E-state index < -0.39 is 0 Å². The lowest BCUT2D eigenvalue weighted by Crippen LogP contribution is -2.30. The topological polar surface area (TPSA) is 38.0 Å². The lowest BCUT2D eigenvalue weighted by Gasteiger charge is -2.17. The minimum atomic E-state index is -0.331. The number of halogens is 3. The monoisotopic (exact) mass is 358 g/mol. The van der Waals surface area contributed by atoms with E-state index in [0.717, 1.165) is 4.90 Å². The molecule has 0 saturated carbocycles. The third-order valence-corrected chi connectivity index (χ3v) is 4.51. The van der Waals surface area contributed by atoms with Crippen molar-refractivity contribution < 1.29 is 8.78 Å². The van der Waals surface area contributed by atoms with Gasteiger partial charge in [0.1, 0.15) is 11.6 Å². The molecule has 0 radical (unpaired) electrons. The summed E-state index contributed by atoms with van der Waals surface area (Å²) in [7, 11) is 0. The van der Waals surface area contributed by atoms with Crippen LogP contribution >= 0.6 is 27.7 Å². The highest BCUT2D eigenvalue weighted by Gasteiger charge is 2.16. The van der Waals surface area contributed by atoms with Crippen molar-refractivity contribution in [1.82, 2.24) is 5.43 Å². The Hall–Kier alpha value is -0.950. The van der Waals surface area contributed by atoms with Crippen LogP contribution < -0.4 is 11.3 Å². The van der Waals surface area contributed by atoms with Gasteiger partial charge in [-0.2, -0.15) is 0 Å². The van der Waals surface area contributed by atoms with Crippen molar-refractivity contribution in [3.05, 3.63) is 64.1 Å². The molecule has 1 unspecified atom stereocenters. The molecular weight excluding hydrogens is 346 g/mol. The Morgan fingerprint density at radius 1 is 1.15 bits per heavy atom. The van der Waals surface area contributed by atoms with Gasteiger partial charge in [0.25, 0.3) is 0 Å². The Balaban J connectivity index is 2.09. The summed E-state index contributed by atoms with van der Waals surface area (Å²) in [6.07, 6.45) is 0. The summed E-state index contributed by atoms with van der Waals surface area (Å²) in [6, 6.07) is 10.9. The molecular formula is C14H13BrF2N2S. The molecule has 0 saturated heterocycles. The van der Waals surface area contributed by atoms with E-state index in [2.05, 4.69) is 21.4 Å². The summed E-state index contributed by atoms with van der Waals surface area (Å²) in [6.45, 7) is 0. The average Bonchev–Trinajstić information content (AvgIpc) is 2.45. The van der Waals surface area contributed by atoms with E-state index in [1.54, 1.807) is 30.3 Å². The number of rotatable bonds is 5. The van der Waals surface area contributed by atoms with Crippen LogP contribution in [0.15, 0.2) is 51.8 Å². The van der Waals surface area contributed by atoms with Gasteiger partial charge in [0.2, 0.25) is 0 Å². The standard InChI is InChI=1S/C14H13BrF2N2S/c15-12-3-1-2-11(14(12)17)13(19-18)8-20-10-6-4-9(16)5-7-10/h1-7,13,19H,8,18H2. The number of nitrogens with one attached hydrogen (secondary N) is 1. The van der Waals surface area contributed by atoms with E-state index in [-0.39, 0.29) is 17.7 Å². The molecule has 6 heteroatoms. The fraction of sp³-hybridized carbons (Fsp3) is 0.143. The quantitative estimate of drug-likeness (QED) is 0.481. The molecule has 0 fully saturated rings. The van der Waals surface area contributed by atoms with Crippen LogP contribution in [0.4, 0.5) is 8.78 Å². The summed E-state index contributed by atoms with van der Waals surface area (Å²) in [5.41, 5.74) is 3.11. The Bertz CT molecular complexity index is 578. The van der Waals surface area contributed by atoms with Crippen molar-refractivity contribution in [1.29, 1.82) is 0 Å². The Kier molecular flexibility index (Phi) is 5.54. The maximum Gasteiger partial charge on any atom is 0.142 e. The summed E-state index contributed by atoms with van der Waals surface area (Å²) >= 11 is 4.64. The molecule has 0 aliphatic heterocycles. The van der Waals surface area contributed by atoms with Crippen LogP contribution in [-0.2, 0) is 0 Å². The summed E-state index contributed by atoms with van der Waals surface area (Å²) in [5.74, 6) is 5.44. The molecule has 1 atom stereocenters. The second-order valence-electron chi connectivity index (χ2n) is 4.13. The highest BCUT2D eigenvalue weighted by Crippen LogP contribution is 2.28. The van der Waals surface area contributed by atoms with E-state index in [9.17, 15) is 8.78 Å². The molecule has 2 aromatic rings. The molecule has 2 aromatic carbocycles. The molecule has 0 bridgehead atoms. The van der Waals surface area contributed by atoms with E-state index in [1.807, 2.05) is 0 Å². The van der Waals surface area contributed by atoms with Crippen LogP contribution in [0.5, 0.6) is 0 Å². The molecule has 106 valence electrons. The van der Waals surface area contributed by atoms with Crippen LogP contribution in [0, 0.1) is 11.6 Å². The van der Waals surface area contributed by atoms with Gasteiger partial charge in [-0.05, 0) is 46.3 Å². The minimum absolute atomic E-state index is 0.277. The first-order valence-corrected chi connectivity index (χ1v) is 7.68. The van der Waals surface area contributed by atoms with Gasteiger partial charge in [0.05, 0.1) is 10.5 Å². The first kappa shape index (κ1) is 15.4. The van der Waals surface area contributed by atoms with Gasteiger partial charge >= 0.3 is 0 Å². The van der Waals surface area contributed by atoms with Gasteiger partial charge in [0, 0.05) is 16.2 Å². The van der Waals surface area contributed by atoms with Gasteiger partial charge in [-0.3, -0.25) is 11.3 Å². The predicted octanol–water partition coefficient (Wildman–Crippen LogP) is 4.02. The zero-order valence-corrected chi connectivity index (χ0v) is 12.8. The first-order chi connectivity index (χ1) is 9.61. The molecule has 0 aliphatic rings. The van der Waals surface area contributed by atoms with Crippen LogP contribution in [-0.4, -0.2) is 5.75 Å². The molecule has 2 nitrogen and oxygen atoms in total. The van der Waals surface area contributed by atoms with Crippen LogP contribution in [0.25, 0.3) is 0 Å². The summed E-state index contributed by atoms with van der Waals surface area (Å²) in [4.78, 5) is 0.905. The van der Waals surface area contributed by atoms with Gasteiger partial charge in [-0.25, -0.2) is 8.78 Å². The number of nitrogens with two attached hydrogens (primary N) is 1. The van der Waals surface area contributed by atoms with Crippen molar-refractivity contribution in [3.8, 4) is 0 Å². The molecule has 0 spiro atoms. The third kappa shape index (κ3) is 3.79. The molecule has 20 heavy (non-hydrogen) atoms. The van der Waals surface area contributed by atoms with E-state index in [1.165, 1.54) is 23.9 Å². The fourth-order valence-electron chi connectivity index (χ4n) is 1.73. The molecule has 0 amide bonds. The number of benzene rings is 2. The number of hydrogen-bond acceptors (Lipinski definition) is 3. The summed E-state index contributed by atoms with van der Waals surface area (Å²) in [5, 5.41) is 0. The van der Waals surface area contributed by atoms with Crippen LogP contribution in [0.1, 0.15) is 11.6 Å². The Morgan fingerprint density at radius 2 is 1.85 bits per heavy atom. The number of hydrazine groups is 1. The van der Waals surface area contributed by atoms with E-state index in [0.29, 0.717) is 15.8 Å². The maximum atomic E-state index is 14.0. The van der Waals surface area contributed by atoms with Crippen molar-refractivity contribution >= 4 is 27.7 Å². The molecule has 0 heterocycles. The van der Waals surface area contributed by atoms with Crippen molar-refractivity contribution in [2.45, 2.75) is 10.9 Å². The number of hydrogen-bond donors (Lipinski definition) is 2. The normalized spacial score (nSPS) is 12.4. The second kappa shape index (κ2) is 7.17. The average molecular weight is 359 g/mol. The van der Waals surface area contributed by atoms with E-state index >= 15 is 0 Å². The lowest BCUT2D eigenvalue weighted by atomic mass is 10.1. The van der Waals surface area contributed by atoms with Gasteiger partial charge in [0.15, 0.2) is 0 Å². The van der Waals surface area contributed by atoms with E-state index in [4.69, 9.17) is 5.84 Å². The van der Waals surface area contributed by atoms with Gasteiger partial charge in [-0.15, -0.1) is 11.8 Å². The Morgan fingerprint density at radius 3 is 2.50 bits per heavy atom. The van der Waals surface area contributed by atoms with Crippen molar-refractivity contribution in [2.24, 2.45) is 5.84 Å². The predicted molar refractivity (Wildman–Crippen MR) is 81.3 cm³/mol. The minimum Gasteiger partial charge on any atom is -0.271 e. The fourth-order valence-corrected chi connectivity index (χ4v) is 3.07. The highest BCUT2D eigenvalue weighted by molar-refractivity contribution is 9.10. The van der Waals surface area contributed by atoms with Crippen molar-refractivity contribution in [3.63, 3.8) is 0 Å². The van der Waals surface area contributed by atoms with Crippen molar-refractivity contribution in [2.75, 3.05) is 5.75 Å². The largest absolute Gasteiger partial charge is 0.271 e. The first-order valence-electron chi connectivity index (χ1n) is 5.90.